The van der Waals surface area contributed by atoms with Crippen LogP contribution in [0.15, 0.2) is 60.9 Å². The van der Waals surface area contributed by atoms with Crippen molar-refractivity contribution < 1.29 is 0 Å². The minimum absolute atomic E-state index is 1.09. The molecule has 0 amide bonds. The molecule has 19 heavy (non-hydrogen) atoms. The van der Waals surface area contributed by atoms with E-state index in [1.165, 1.54) is 16.7 Å². The van der Waals surface area contributed by atoms with E-state index in [0.29, 0.717) is 0 Å². The SMILES string of the molecule is Cc1ccc(-c2cnn(-c3ccc(C)cc3)c2)cc1. The van der Waals surface area contributed by atoms with Crippen molar-refractivity contribution in [3.63, 3.8) is 0 Å². The third-order valence-electron chi connectivity index (χ3n) is 3.27. The maximum Gasteiger partial charge on any atom is 0.0645 e. The van der Waals surface area contributed by atoms with Crippen molar-refractivity contribution in [3.8, 4) is 16.8 Å². The zero-order valence-electron chi connectivity index (χ0n) is 11.2. The van der Waals surface area contributed by atoms with Crippen LogP contribution < -0.4 is 0 Å². The predicted octanol–water partition coefficient (Wildman–Crippen LogP) is 4.16. The van der Waals surface area contributed by atoms with E-state index in [2.05, 4.69) is 73.7 Å². The Kier molecular flexibility index (Phi) is 2.92. The van der Waals surface area contributed by atoms with E-state index in [-0.39, 0.29) is 0 Å². The Bertz CT molecular complexity index is 616. The first kappa shape index (κ1) is 11.7. The zero-order chi connectivity index (χ0) is 13.2. The quantitative estimate of drug-likeness (QED) is 0.666. The van der Waals surface area contributed by atoms with Crippen LogP contribution in [0, 0.1) is 13.8 Å². The van der Waals surface area contributed by atoms with Crippen LogP contribution in [0.25, 0.3) is 16.8 Å². The molecular weight excluding hydrogens is 232 g/mol. The fourth-order valence-corrected chi connectivity index (χ4v) is 2.06. The Morgan fingerprint density at radius 3 is 1.95 bits per heavy atom. The Morgan fingerprint density at radius 2 is 1.32 bits per heavy atom. The van der Waals surface area contributed by atoms with Crippen LogP contribution in [-0.4, -0.2) is 9.78 Å². The van der Waals surface area contributed by atoms with Gasteiger partial charge in [0, 0.05) is 11.8 Å². The minimum atomic E-state index is 1.09. The average molecular weight is 248 g/mol. The van der Waals surface area contributed by atoms with E-state index in [0.717, 1.165) is 11.3 Å². The normalized spacial score (nSPS) is 10.6. The summed E-state index contributed by atoms with van der Waals surface area (Å²) in [6.45, 7) is 4.18. The smallest absolute Gasteiger partial charge is 0.0645 e. The van der Waals surface area contributed by atoms with Crippen LogP contribution in [0.5, 0.6) is 0 Å². The molecule has 2 nitrogen and oxygen atoms in total. The molecule has 2 aromatic carbocycles. The largest absolute Gasteiger partial charge is 0.240 e. The van der Waals surface area contributed by atoms with Crippen molar-refractivity contribution in [1.29, 1.82) is 0 Å². The van der Waals surface area contributed by atoms with Gasteiger partial charge in [-0.05, 0) is 31.5 Å². The van der Waals surface area contributed by atoms with Crippen LogP contribution in [0.3, 0.4) is 0 Å². The molecule has 0 unspecified atom stereocenters. The second-order valence-corrected chi connectivity index (χ2v) is 4.88. The highest BCUT2D eigenvalue weighted by atomic mass is 15.3. The molecule has 0 saturated heterocycles. The summed E-state index contributed by atoms with van der Waals surface area (Å²) in [6.07, 6.45) is 3.97. The van der Waals surface area contributed by atoms with Crippen molar-refractivity contribution in [2.24, 2.45) is 0 Å². The molecule has 0 bridgehead atoms. The van der Waals surface area contributed by atoms with E-state index in [4.69, 9.17) is 0 Å². The standard InChI is InChI=1S/C17H16N2/c1-13-3-7-15(8-4-13)16-11-18-19(12-16)17-9-5-14(2)6-10-17/h3-12H,1-2H3. The van der Waals surface area contributed by atoms with Gasteiger partial charge in [-0.25, -0.2) is 4.68 Å². The number of benzene rings is 2. The second kappa shape index (κ2) is 4.73. The highest BCUT2D eigenvalue weighted by Crippen LogP contribution is 2.20. The molecule has 0 fully saturated rings. The van der Waals surface area contributed by atoms with Gasteiger partial charge in [0.15, 0.2) is 0 Å². The van der Waals surface area contributed by atoms with Crippen LogP contribution in [-0.2, 0) is 0 Å². The summed E-state index contributed by atoms with van der Waals surface area (Å²) in [5, 5.41) is 4.43. The van der Waals surface area contributed by atoms with Crippen molar-refractivity contribution in [2.75, 3.05) is 0 Å². The highest BCUT2D eigenvalue weighted by molar-refractivity contribution is 5.62. The van der Waals surface area contributed by atoms with Gasteiger partial charge in [0.25, 0.3) is 0 Å². The second-order valence-electron chi connectivity index (χ2n) is 4.88. The van der Waals surface area contributed by atoms with Crippen molar-refractivity contribution in [3.05, 3.63) is 72.1 Å². The third-order valence-corrected chi connectivity index (χ3v) is 3.27. The summed E-state index contributed by atoms with van der Waals surface area (Å²) in [4.78, 5) is 0. The lowest BCUT2D eigenvalue weighted by molar-refractivity contribution is 0.880. The summed E-state index contributed by atoms with van der Waals surface area (Å²) in [7, 11) is 0. The molecule has 3 rings (SSSR count). The summed E-state index contributed by atoms with van der Waals surface area (Å²) in [5.41, 5.74) is 5.96. The fourth-order valence-electron chi connectivity index (χ4n) is 2.06. The predicted molar refractivity (Wildman–Crippen MR) is 78.5 cm³/mol. The highest BCUT2D eigenvalue weighted by Gasteiger charge is 2.03. The average Bonchev–Trinajstić information content (AvgIpc) is 2.90. The molecule has 0 N–H and O–H groups in total. The first-order valence-electron chi connectivity index (χ1n) is 6.41. The number of hydrogen-bond donors (Lipinski definition) is 0. The molecular formula is C17H16N2. The first-order valence-corrected chi connectivity index (χ1v) is 6.41. The summed E-state index contributed by atoms with van der Waals surface area (Å²) in [6, 6.07) is 16.9. The van der Waals surface area contributed by atoms with Gasteiger partial charge >= 0.3 is 0 Å². The lowest BCUT2D eigenvalue weighted by atomic mass is 10.1. The molecule has 1 aromatic heterocycles. The van der Waals surface area contributed by atoms with Gasteiger partial charge in [0.1, 0.15) is 0 Å². The minimum Gasteiger partial charge on any atom is -0.240 e. The molecule has 0 saturated carbocycles. The third kappa shape index (κ3) is 2.43. The van der Waals surface area contributed by atoms with Gasteiger partial charge in [0.2, 0.25) is 0 Å². The Balaban J connectivity index is 1.95. The molecule has 3 aromatic rings. The van der Waals surface area contributed by atoms with Crippen molar-refractivity contribution in [1.82, 2.24) is 9.78 Å². The topological polar surface area (TPSA) is 17.8 Å². The maximum absolute atomic E-state index is 4.43. The van der Waals surface area contributed by atoms with Crippen LogP contribution in [0.1, 0.15) is 11.1 Å². The number of nitrogens with zero attached hydrogens (tertiary/aromatic N) is 2. The monoisotopic (exact) mass is 248 g/mol. The molecule has 0 aliphatic rings. The Labute approximate surface area is 113 Å². The molecule has 0 aliphatic heterocycles. The van der Waals surface area contributed by atoms with Gasteiger partial charge in [-0.1, -0.05) is 47.5 Å². The van der Waals surface area contributed by atoms with Crippen LogP contribution in [0.2, 0.25) is 0 Å². The molecule has 94 valence electrons. The number of aromatic nitrogens is 2. The van der Waals surface area contributed by atoms with Gasteiger partial charge in [-0.2, -0.15) is 5.10 Å². The number of aryl methyl sites for hydroxylation is 2. The number of hydrogen-bond acceptors (Lipinski definition) is 1. The zero-order valence-corrected chi connectivity index (χ0v) is 11.2. The van der Waals surface area contributed by atoms with Gasteiger partial charge in [0.05, 0.1) is 11.9 Å². The van der Waals surface area contributed by atoms with E-state index >= 15 is 0 Å². The lowest BCUT2D eigenvalue weighted by Crippen LogP contribution is -1.93. The van der Waals surface area contributed by atoms with E-state index < -0.39 is 0 Å². The molecule has 2 heteroatoms. The molecule has 1 heterocycles. The summed E-state index contributed by atoms with van der Waals surface area (Å²) in [5.74, 6) is 0. The van der Waals surface area contributed by atoms with Gasteiger partial charge in [-0.15, -0.1) is 0 Å². The molecule has 0 atom stereocenters. The summed E-state index contributed by atoms with van der Waals surface area (Å²) >= 11 is 0. The Hall–Kier alpha value is -2.35. The van der Waals surface area contributed by atoms with Crippen LogP contribution >= 0.6 is 0 Å². The fraction of sp³-hybridized carbons (Fsp3) is 0.118. The molecule has 0 aliphatic carbocycles. The van der Waals surface area contributed by atoms with Gasteiger partial charge < -0.3 is 0 Å². The maximum atomic E-state index is 4.43. The van der Waals surface area contributed by atoms with E-state index in [1.807, 2.05) is 10.9 Å². The van der Waals surface area contributed by atoms with Gasteiger partial charge in [-0.3, -0.25) is 0 Å². The molecule has 0 radical (unpaired) electrons. The van der Waals surface area contributed by atoms with E-state index in [1.54, 1.807) is 0 Å². The Morgan fingerprint density at radius 1 is 0.737 bits per heavy atom. The summed E-state index contributed by atoms with van der Waals surface area (Å²) < 4.78 is 1.91. The van der Waals surface area contributed by atoms with Crippen molar-refractivity contribution >= 4 is 0 Å². The van der Waals surface area contributed by atoms with Crippen molar-refractivity contribution in [2.45, 2.75) is 13.8 Å². The molecule has 0 spiro atoms. The lowest BCUT2D eigenvalue weighted by Gasteiger charge is -2.01. The van der Waals surface area contributed by atoms with E-state index in [9.17, 15) is 0 Å². The first-order chi connectivity index (χ1) is 9.22. The van der Waals surface area contributed by atoms with Crippen LogP contribution in [0.4, 0.5) is 0 Å². The number of rotatable bonds is 2.